The molecular formula is C12H13Br2NO. The molecule has 1 aromatic carbocycles. The SMILES string of the molecule is C#CCOc1c(Br)cc(CNCC)cc1Br. The van der Waals surface area contributed by atoms with Crippen LogP contribution in [0.5, 0.6) is 5.75 Å². The fraction of sp³-hybridized carbons (Fsp3) is 0.333. The largest absolute Gasteiger partial charge is 0.479 e. The molecule has 0 amide bonds. The highest BCUT2D eigenvalue weighted by molar-refractivity contribution is 9.11. The van der Waals surface area contributed by atoms with Gasteiger partial charge in [-0.2, -0.15) is 0 Å². The fourth-order valence-electron chi connectivity index (χ4n) is 1.24. The van der Waals surface area contributed by atoms with Crippen molar-refractivity contribution in [1.82, 2.24) is 5.32 Å². The molecule has 0 saturated carbocycles. The summed E-state index contributed by atoms with van der Waals surface area (Å²) in [7, 11) is 0. The van der Waals surface area contributed by atoms with E-state index in [1.54, 1.807) is 0 Å². The molecule has 0 aliphatic carbocycles. The van der Waals surface area contributed by atoms with Gasteiger partial charge in [0.15, 0.2) is 0 Å². The van der Waals surface area contributed by atoms with Crippen LogP contribution < -0.4 is 10.1 Å². The molecule has 0 aliphatic rings. The number of nitrogens with one attached hydrogen (secondary N) is 1. The molecule has 0 heterocycles. The number of rotatable bonds is 5. The monoisotopic (exact) mass is 345 g/mol. The van der Waals surface area contributed by atoms with Crippen LogP contribution in [0.2, 0.25) is 0 Å². The fourth-order valence-corrected chi connectivity index (χ4v) is 2.75. The molecular weight excluding hydrogens is 334 g/mol. The number of hydrogen-bond donors (Lipinski definition) is 1. The second kappa shape index (κ2) is 6.95. The highest BCUT2D eigenvalue weighted by atomic mass is 79.9. The number of benzene rings is 1. The van der Waals surface area contributed by atoms with Gasteiger partial charge in [0, 0.05) is 6.54 Å². The molecule has 86 valence electrons. The summed E-state index contributed by atoms with van der Waals surface area (Å²) >= 11 is 6.94. The Labute approximate surface area is 113 Å². The molecule has 16 heavy (non-hydrogen) atoms. The van der Waals surface area contributed by atoms with Gasteiger partial charge in [0.05, 0.1) is 8.95 Å². The summed E-state index contributed by atoms with van der Waals surface area (Å²) in [4.78, 5) is 0. The van der Waals surface area contributed by atoms with E-state index >= 15 is 0 Å². The summed E-state index contributed by atoms with van der Waals surface area (Å²) in [6.45, 7) is 4.13. The molecule has 1 rings (SSSR count). The van der Waals surface area contributed by atoms with Crippen molar-refractivity contribution in [3.05, 3.63) is 26.6 Å². The van der Waals surface area contributed by atoms with E-state index in [1.807, 2.05) is 12.1 Å². The molecule has 2 nitrogen and oxygen atoms in total. The van der Waals surface area contributed by atoms with Crippen molar-refractivity contribution in [1.29, 1.82) is 0 Å². The molecule has 0 spiro atoms. The maximum Gasteiger partial charge on any atom is 0.149 e. The van der Waals surface area contributed by atoms with Crippen molar-refractivity contribution >= 4 is 31.9 Å². The van der Waals surface area contributed by atoms with Crippen LogP contribution in [-0.2, 0) is 6.54 Å². The van der Waals surface area contributed by atoms with Crippen molar-refractivity contribution in [3.8, 4) is 18.1 Å². The van der Waals surface area contributed by atoms with E-state index in [2.05, 4.69) is 50.0 Å². The van der Waals surface area contributed by atoms with E-state index in [1.165, 1.54) is 5.56 Å². The average Bonchev–Trinajstić information content (AvgIpc) is 2.25. The Morgan fingerprint density at radius 2 is 2.00 bits per heavy atom. The van der Waals surface area contributed by atoms with Crippen LogP contribution in [0.1, 0.15) is 12.5 Å². The predicted octanol–water partition coefficient (Wildman–Crippen LogP) is 3.33. The first-order valence-electron chi connectivity index (χ1n) is 4.94. The molecule has 0 fully saturated rings. The number of halogens is 2. The first kappa shape index (κ1) is 13.6. The molecule has 0 bridgehead atoms. The zero-order valence-electron chi connectivity index (χ0n) is 9.02. The molecule has 0 aliphatic heterocycles. The van der Waals surface area contributed by atoms with Gasteiger partial charge in [-0.15, -0.1) is 6.42 Å². The first-order chi connectivity index (χ1) is 7.69. The van der Waals surface area contributed by atoms with Crippen LogP contribution in [-0.4, -0.2) is 13.2 Å². The lowest BCUT2D eigenvalue weighted by Gasteiger charge is -2.10. The second-order valence-corrected chi connectivity index (χ2v) is 4.87. The first-order valence-corrected chi connectivity index (χ1v) is 6.52. The normalized spacial score (nSPS) is 9.88. The van der Waals surface area contributed by atoms with E-state index in [0.29, 0.717) is 0 Å². The smallest absolute Gasteiger partial charge is 0.149 e. The van der Waals surface area contributed by atoms with Crippen LogP contribution >= 0.6 is 31.9 Å². The summed E-state index contributed by atoms with van der Waals surface area (Å²) in [5, 5.41) is 3.27. The molecule has 1 aromatic rings. The van der Waals surface area contributed by atoms with Gasteiger partial charge in [-0.1, -0.05) is 12.8 Å². The lowest BCUT2D eigenvalue weighted by atomic mass is 10.2. The minimum atomic E-state index is 0.268. The summed E-state index contributed by atoms with van der Waals surface area (Å²) in [5.41, 5.74) is 1.19. The maximum absolute atomic E-state index is 5.43. The number of hydrogen-bond acceptors (Lipinski definition) is 2. The summed E-state index contributed by atoms with van der Waals surface area (Å²) in [6, 6.07) is 4.05. The Kier molecular flexibility index (Phi) is 5.89. The van der Waals surface area contributed by atoms with Crippen molar-refractivity contribution in [2.75, 3.05) is 13.2 Å². The quantitative estimate of drug-likeness (QED) is 0.826. The lowest BCUT2D eigenvalue weighted by Crippen LogP contribution is -2.11. The van der Waals surface area contributed by atoms with Crippen molar-refractivity contribution in [2.24, 2.45) is 0 Å². The van der Waals surface area contributed by atoms with Crippen molar-refractivity contribution in [3.63, 3.8) is 0 Å². The number of terminal acetylenes is 1. The highest BCUT2D eigenvalue weighted by Crippen LogP contribution is 2.34. The maximum atomic E-state index is 5.43. The van der Waals surface area contributed by atoms with Crippen LogP contribution in [0.15, 0.2) is 21.1 Å². The van der Waals surface area contributed by atoms with Gasteiger partial charge < -0.3 is 10.1 Å². The van der Waals surface area contributed by atoms with Crippen LogP contribution in [0, 0.1) is 12.3 Å². The van der Waals surface area contributed by atoms with Gasteiger partial charge in [-0.05, 0) is 56.1 Å². The average molecular weight is 347 g/mol. The number of ether oxygens (including phenoxy) is 1. The second-order valence-electron chi connectivity index (χ2n) is 3.16. The van der Waals surface area contributed by atoms with Crippen molar-refractivity contribution in [2.45, 2.75) is 13.5 Å². The highest BCUT2D eigenvalue weighted by Gasteiger charge is 2.08. The standard InChI is InChI=1S/C12H13Br2NO/c1-3-5-16-12-10(13)6-9(7-11(12)14)8-15-4-2/h1,6-7,15H,4-5,8H2,2H3. The Morgan fingerprint density at radius 3 is 2.50 bits per heavy atom. The Hall–Kier alpha value is -0.500. The molecule has 0 unspecified atom stereocenters. The lowest BCUT2D eigenvalue weighted by molar-refractivity contribution is 0.365. The van der Waals surface area contributed by atoms with E-state index in [-0.39, 0.29) is 6.61 Å². The zero-order valence-corrected chi connectivity index (χ0v) is 12.2. The van der Waals surface area contributed by atoms with Gasteiger partial charge in [-0.25, -0.2) is 0 Å². The molecule has 0 saturated heterocycles. The molecule has 4 heteroatoms. The predicted molar refractivity (Wildman–Crippen MR) is 73.6 cm³/mol. The molecule has 0 aromatic heterocycles. The topological polar surface area (TPSA) is 21.3 Å². The molecule has 0 radical (unpaired) electrons. The minimum Gasteiger partial charge on any atom is -0.479 e. The Bertz CT molecular complexity index is 375. The summed E-state index contributed by atoms with van der Waals surface area (Å²) in [6.07, 6.45) is 5.16. The third-order valence-corrected chi connectivity index (χ3v) is 3.12. The zero-order chi connectivity index (χ0) is 12.0. The Morgan fingerprint density at radius 1 is 1.38 bits per heavy atom. The van der Waals surface area contributed by atoms with Gasteiger partial charge in [-0.3, -0.25) is 0 Å². The Balaban J connectivity index is 2.85. The summed E-state index contributed by atoms with van der Waals surface area (Å²) < 4.78 is 7.24. The van der Waals surface area contributed by atoms with Gasteiger partial charge in [0.1, 0.15) is 12.4 Å². The third kappa shape index (κ3) is 3.82. The van der Waals surface area contributed by atoms with Gasteiger partial charge in [0.25, 0.3) is 0 Å². The van der Waals surface area contributed by atoms with E-state index in [0.717, 1.165) is 27.8 Å². The minimum absolute atomic E-state index is 0.268. The van der Waals surface area contributed by atoms with E-state index < -0.39 is 0 Å². The van der Waals surface area contributed by atoms with Gasteiger partial charge >= 0.3 is 0 Å². The third-order valence-electron chi connectivity index (χ3n) is 1.94. The molecule has 0 atom stereocenters. The van der Waals surface area contributed by atoms with Crippen LogP contribution in [0.25, 0.3) is 0 Å². The van der Waals surface area contributed by atoms with Crippen LogP contribution in [0.4, 0.5) is 0 Å². The molecule has 1 N–H and O–H groups in total. The summed E-state index contributed by atoms with van der Waals surface area (Å²) in [5.74, 6) is 3.19. The van der Waals surface area contributed by atoms with Crippen LogP contribution in [0.3, 0.4) is 0 Å². The van der Waals surface area contributed by atoms with E-state index in [9.17, 15) is 0 Å². The van der Waals surface area contributed by atoms with Gasteiger partial charge in [0.2, 0.25) is 0 Å². The van der Waals surface area contributed by atoms with Crippen molar-refractivity contribution < 1.29 is 4.74 Å². The van der Waals surface area contributed by atoms with E-state index in [4.69, 9.17) is 11.2 Å².